The van der Waals surface area contributed by atoms with Gasteiger partial charge in [0.2, 0.25) is 5.91 Å². The summed E-state index contributed by atoms with van der Waals surface area (Å²) in [5.41, 5.74) is 0. The van der Waals surface area contributed by atoms with E-state index in [4.69, 9.17) is 0 Å². The number of amides is 1. The summed E-state index contributed by atoms with van der Waals surface area (Å²) in [7, 11) is 0. The fourth-order valence-corrected chi connectivity index (χ4v) is 3.12. The van der Waals surface area contributed by atoms with Crippen molar-refractivity contribution >= 4 is 17.7 Å². The lowest BCUT2D eigenvalue weighted by molar-refractivity contribution is -0.121. The minimum Gasteiger partial charge on any atom is -0.351 e. The van der Waals surface area contributed by atoms with Gasteiger partial charge in [0.25, 0.3) is 0 Å². The van der Waals surface area contributed by atoms with Crippen LogP contribution in [0.3, 0.4) is 0 Å². The largest absolute Gasteiger partial charge is 0.351 e. The van der Waals surface area contributed by atoms with Crippen molar-refractivity contribution in [2.24, 2.45) is 0 Å². The van der Waals surface area contributed by atoms with Gasteiger partial charge in [-0.3, -0.25) is 4.79 Å². The fourth-order valence-electron chi connectivity index (χ4n) is 2.18. The number of hydrogen-bond acceptors (Lipinski definition) is 3. The molecule has 0 aliphatic heterocycles. The predicted molar refractivity (Wildman–Crippen MR) is 70.9 cm³/mol. The molecule has 1 aliphatic rings. The molecule has 0 aromatic carbocycles. The van der Waals surface area contributed by atoms with Crippen molar-refractivity contribution in [2.45, 2.75) is 50.3 Å². The molecule has 0 aromatic heterocycles. The van der Waals surface area contributed by atoms with Crippen molar-refractivity contribution < 1.29 is 4.79 Å². The summed E-state index contributed by atoms with van der Waals surface area (Å²) in [6.45, 7) is 3.49. The van der Waals surface area contributed by atoms with Gasteiger partial charge >= 0.3 is 0 Å². The van der Waals surface area contributed by atoms with E-state index in [1.165, 1.54) is 19.3 Å². The van der Waals surface area contributed by atoms with Gasteiger partial charge in [0.15, 0.2) is 0 Å². The Labute approximate surface area is 103 Å². The van der Waals surface area contributed by atoms with E-state index in [9.17, 15) is 4.79 Å². The SMILES string of the molecule is CCCNCC(=O)NC1CCCCC1SC. The molecule has 0 bridgehead atoms. The van der Waals surface area contributed by atoms with Crippen LogP contribution in [0, 0.1) is 0 Å². The van der Waals surface area contributed by atoms with Crippen molar-refractivity contribution in [1.82, 2.24) is 10.6 Å². The molecule has 0 saturated heterocycles. The van der Waals surface area contributed by atoms with Gasteiger partial charge in [0.05, 0.1) is 6.54 Å². The first kappa shape index (κ1) is 13.8. The average Bonchev–Trinajstić information content (AvgIpc) is 2.30. The maximum Gasteiger partial charge on any atom is 0.234 e. The fraction of sp³-hybridized carbons (Fsp3) is 0.917. The molecule has 2 unspecified atom stereocenters. The highest BCUT2D eigenvalue weighted by Gasteiger charge is 2.25. The molecular formula is C12H24N2OS. The Morgan fingerprint density at radius 1 is 1.38 bits per heavy atom. The van der Waals surface area contributed by atoms with Crippen molar-refractivity contribution in [1.29, 1.82) is 0 Å². The standard InChI is InChI=1S/C12H24N2OS/c1-3-8-13-9-12(15)14-10-6-4-5-7-11(10)16-2/h10-11,13H,3-9H2,1-2H3,(H,14,15). The van der Waals surface area contributed by atoms with Crippen molar-refractivity contribution in [3.63, 3.8) is 0 Å². The van der Waals surface area contributed by atoms with E-state index in [2.05, 4.69) is 23.8 Å². The molecule has 0 spiro atoms. The first-order chi connectivity index (χ1) is 7.77. The molecule has 0 heterocycles. The van der Waals surface area contributed by atoms with E-state index < -0.39 is 0 Å². The summed E-state index contributed by atoms with van der Waals surface area (Å²) in [6.07, 6.45) is 8.17. The van der Waals surface area contributed by atoms with Gasteiger partial charge in [-0.25, -0.2) is 0 Å². The third-order valence-corrected chi connectivity index (χ3v) is 4.23. The normalized spacial score (nSPS) is 25.4. The van der Waals surface area contributed by atoms with Crippen LogP contribution in [0.2, 0.25) is 0 Å². The van der Waals surface area contributed by atoms with Gasteiger partial charge in [-0.2, -0.15) is 11.8 Å². The van der Waals surface area contributed by atoms with Crippen LogP contribution in [0.1, 0.15) is 39.0 Å². The monoisotopic (exact) mass is 244 g/mol. The third-order valence-electron chi connectivity index (χ3n) is 3.06. The number of carbonyl (C=O) groups is 1. The van der Waals surface area contributed by atoms with Gasteiger partial charge in [-0.15, -0.1) is 0 Å². The summed E-state index contributed by atoms with van der Waals surface area (Å²) >= 11 is 1.89. The molecule has 2 atom stereocenters. The number of thioether (sulfide) groups is 1. The second-order valence-electron chi connectivity index (χ2n) is 4.41. The summed E-state index contributed by atoms with van der Waals surface area (Å²) in [6, 6.07) is 0.389. The molecule has 0 radical (unpaired) electrons. The first-order valence-corrected chi connectivity index (χ1v) is 7.59. The molecule has 3 nitrogen and oxygen atoms in total. The summed E-state index contributed by atoms with van der Waals surface area (Å²) < 4.78 is 0. The van der Waals surface area contributed by atoms with E-state index in [0.29, 0.717) is 17.8 Å². The Balaban J connectivity index is 2.25. The van der Waals surface area contributed by atoms with Gasteiger partial charge in [-0.05, 0) is 32.1 Å². The zero-order valence-corrected chi connectivity index (χ0v) is 11.2. The lowest BCUT2D eigenvalue weighted by Crippen LogP contribution is -2.46. The molecule has 1 rings (SSSR count). The Hall–Kier alpha value is -0.220. The minimum absolute atomic E-state index is 0.152. The smallest absolute Gasteiger partial charge is 0.234 e. The van der Waals surface area contributed by atoms with Crippen LogP contribution in [-0.2, 0) is 4.79 Å². The van der Waals surface area contributed by atoms with Crippen molar-refractivity contribution in [3.05, 3.63) is 0 Å². The highest BCUT2D eigenvalue weighted by atomic mass is 32.2. The number of hydrogen-bond donors (Lipinski definition) is 2. The lowest BCUT2D eigenvalue weighted by Gasteiger charge is -2.30. The summed E-state index contributed by atoms with van der Waals surface area (Å²) in [5.74, 6) is 0.152. The Morgan fingerprint density at radius 2 is 2.12 bits per heavy atom. The van der Waals surface area contributed by atoms with E-state index in [1.807, 2.05) is 11.8 Å². The van der Waals surface area contributed by atoms with Crippen LogP contribution in [0.5, 0.6) is 0 Å². The van der Waals surface area contributed by atoms with Gasteiger partial charge < -0.3 is 10.6 Å². The predicted octanol–water partition coefficient (Wildman–Crippen LogP) is 1.78. The zero-order valence-electron chi connectivity index (χ0n) is 10.4. The number of carbonyl (C=O) groups excluding carboxylic acids is 1. The van der Waals surface area contributed by atoms with E-state index in [-0.39, 0.29) is 5.91 Å². The van der Waals surface area contributed by atoms with Crippen molar-refractivity contribution in [3.8, 4) is 0 Å². The van der Waals surface area contributed by atoms with Crippen LogP contribution in [0.15, 0.2) is 0 Å². The second-order valence-corrected chi connectivity index (χ2v) is 5.49. The molecule has 1 amide bonds. The topological polar surface area (TPSA) is 41.1 Å². The highest BCUT2D eigenvalue weighted by molar-refractivity contribution is 7.99. The Kier molecular flexibility index (Phi) is 6.88. The lowest BCUT2D eigenvalue weighted by atomic mass is 9.95. The number of nitrogens with one attached hydrogen (secondary N) is 2. The highest BCUT2D eigenvalue weighted by Crippen LogP contribution is 2.26. The Morgan fingerprint density at radius 3 is 2.81 bits per heavy atom. The first-order valence-electron chi connectivity index (χ1n) is 6.30. The van der Waals surface area contributed by atoms with Crippen LogP contribution >= 0.6 is 11.8 Å². The van der Waals surface area contributed by atoms with Crippen LogP contribution in [0.25, 0.3) is 0 Å². The minimum atomic E-state index is 0.152. The van der Waals surface area contributed by atoms with Gasteiger partial charge in [0.1, 0.15) is 0 Å². The van der Waals surface area contributed by atoms with E-state index in [1.54, 1.807) is 0 Å². The summed E-state index contributed by atoms with van der Waals surface area (Å²) in [4.78, 5) is 11.7. The zero-order chi connectivity index (χ0) is 11.8. The van der Waals surface area contributed by atoms with Gasteiger partial charge in [-0.1, -0.05) is 19.8 Å². The van der Waals surface area contributed by atoms with E-state index in [0.717, 1.165) is 19.4 Å². The molecule has 16 heavy (non-hydrogen) atoms. The van der Waals surface area contributed by atoms with Gasteiger partial charge in [0, 0.05) is 11.3 Å². The Bertz CT molecular complexity index is 211. The maximum absolute atomic E-state index is 11.7. The molecule has 1 fully saturated rings. The molecule has 1 saturated carbocycles. The molecular weight excluding hydrogens is 220 g/mol. The van der Waals surface area contributed by atoms with Crippen molar-refractivity contribution in [2.75, 3.05) is 19.3 Å². The molecule has 4 heteroatoms. The molecule has 0 aromatic rings. The third kappa shape index (κ3) is 4.74. The quantitative estimate of drug-likeness (QED) is 0.700. The second kappa shape index (κ2) is 7.96. The van der Waals surface area contributed by atoms with Crippen LogP contribution < -0.4 is 10.6 Å². The summed E-state index contributed by atoms with van der Waals surface area (Å²) in [5, 5.41) is 6.91. The van der Waals surface area contributed by atoms with Crippen LogP contribution in [-0.4, -0.2) is 36.5 Å². The maximum atomic E-state index is 11.7. The molecule has 1 aliphatic carbocycles. The molecule has 2 N–H and O–H groups in total. The van der Waals surface area contributed by atoms with Crippen LogP contribution in [0.4, 0.5) is 0 Å². The average molecular weight is 244 g/mol. The number of rotatable bonds is 6. The molecule has 94 valence electrons. The van der Waals surface area contributed by atoms with E-state index >= 15 is 0 Å².